The lowest BCUT2D eigenvalue weighted by molar-refractivity contribution is 0.474. The molecule has 0 spiro atoms. The molecule has 1 aromatic carbocycles. The van der Waals surface area contributed by atoms with E-state index in [9.17, 15) is 5.11 Å². The Labute approximate surface area is 91.3 Å². The van der Waals surface area contributed by atoms with Crippen molar-refractivity contribution in [2.45, 2.75) is 6.92 Å². The van der Waals surface area contributed by atoms with Crippen molar-refractivity contribution in [3.8, 4) is 22.3 Å². The molecule has 2 rings (SSSR count). The number of hydrogen-bond acceptors (Lipinski definition) is 4. The smallest absolute Gasteiger partial charge is 0.133 e. The molecule has 0 aliphatic heterocycles. The number of thiazole rings is 1. The van der Waals surface area contributed by atoms with Crippen LogP contribution in [-0.4, -0.2) is 10.1 Å². The third kappa shape index (κ3) is 1.69. The number of phenols is 1. The molecule has 74 valence electrons. The summed E-state index contributed by atoms with van der Waals surface area (Å²) >= 11 is 1.52. The fraction of sp³-hybridized carbons (Fsp3) is 0.0909. The molecule has 0 bridgehead atoms. The van der Waals surface area contributed by atoms with Crippen molar-refractivity contribution in [1.82, 2.24) is 4.98 Å². The van der Waals surface area contributed by atoms with Gasteiger partial charge in [-0.2, -0.15) is 5.26 Å². The van der Waals surface area contributed by atoms with Crippen molar-refractivity contribution >= 4 is 11.3 Å². The zero-order valence-electron chi connectivity index (χ0n) is 8.06. The predicted molar refractivity (Wildman–Crippen MR) is 58.7 cm³/mol. The number of rotatable bonds is 1. The largest absolute Gasteiger partial charge is 0.507 e. The Morgan fingerprint density at radius 3 is 2.80 bits per heavy atom. The van der Waals surface area contributed by atoms with Crippen LogP contribution in [0.5, 0.6) is 5.75 Å². The fourth-order valence-corrected chi connectivity index (χ4v) is 2.15. The number of benzene rings is 1. The summed E-state index contributed by atoms with van der Waals surface area (Å²) in [6.07, 6.45) is 0. The minimum atomic E-state index is 0.0165. The Balaban J connectivity index is 2.53. The molecule has 0 saturated heterocycles. The molecule has 4 heteroatoms. The third-order valence-electron chi connectivity index (χ3n) is 2.13. The molecule has 1 N–H and O–H groups in total. The molecule has 0 saturated carbocycles. The van der Waals surface area contributed by atoms with Crippen LogP contribution in [0.1, 0.15) is 11.3 Å². The van der Waals surface area contributed by atoms with Crippen molar-refractivity contribution in [3.63, 3.8) is 0 Å². The van der Waals surface area contributed by atoms with E-state index in [-0.39, 0.29) is 5.75 Å². The molecule has 0 amide bonds. The van der Waals surface area contributed by atoms with Crippen LogP contribution >= 0.6 is 11.3 Å². The van der Waals surface area contributed by atoms with E-state index in [0.29, 0.717) is 5.56 Å². The van der Waals surface area contributed by atoms with Gasteiger partial charge in [0.2, 0.25) is 0 Å². The highest BCUT2D eigenvalue weighted by Crippen LogP contribution is 2.30. The first-order valence-corrected chi connectivity index (χ1v) is 5.24. The van der Waals surface area contributed by atoms with Crippen LogP contribution in [0.3, 0.4) is 0 Å². The molecule has 0 aliphatic rings. The molecule has 0 atom stereocenters. The van der Waals surface area contributed by atoms with Gasteiger partial charge in [0.05, 0.1) is 21.6 Å². The average molecular weight is 216 g/mol. The van der Waals surface area contributed by atoms with Gasteiger partial charge in [-0.05, 0) is 24.6 Å². The highest BCUT2D eigenvalue weighted by atomic mass is 32.1. The van der Waals surface area contributed by atoms with E-state index < -0.39 is 0 Å². The van der Waals surface area contributed by atoms with Crippen LogP contribution in [-0.2, 0) is 0 Å². The van der Waals surface area contributed by atoms with E-state index in [1.165, 1.54) is 11.3 Å². The van der Waals surface area contributed by atoms with Gasteiger partial charge in [0.15, 0.2) is 0 Å². The summed E-state index contributed by atoms with van der Waals surface area (Å²) in [7, 11) is 0. The maximum absolute atomic E-state index is 9.54. The first-order valence-electron chi connectivity index (χ1n) is 4.36. The number of phenolic OH excluding ortho intramolecular Hbond substituents is 1. The lowest BCUT2D eigenvalue weighted by atomic mass is 10.1. The van der Waals surface area contributed by atoms with Gasteiger partial charge in [0.1, 0.15) is 11.8 Å². The van der Waals surface area contributed by atoms with Gasteiger partial charge < -0.3 is 5.11 Å². The van der Waals surface area contributed by atoms with E-state index in [2.05, 4.69) is 4.98 Å². The summed E-state index contributed by atoms with van der Waals surface area (Å²) < 4.78 is 0. The van der Waals surface area contributed by atoms with Gasteiger partial charge in [0, 0.05) is 0 Å². The molecule has 1 heterocycles. The SMILES string of the molecule is Cc1ncsc1-c1ccc(C#N)c(O)c1. The highest BCUT2D eigenvalue weighted by molar-refractivity contribution is 7.13. The van der Waals surface area contributed by atoms with Gasteiger partial charge in [-0.25, -0.2) is 4.98 Å². The summed E-state index contributed by atoms with van der Waals surface area (Å²) in [6.45, 7) is 1.92. The molecular weight excluding hydrogens is 208 g/mol. The molecule has 3 nitrogen and oxygen atoms in total. The van der Waals surface area contributed by atoms with E-state index in [4.69, 9.17) is 5.26 Å². The Morgan fingerprint density at radius 2 is 2.27 bits per heavy atom. The van der Waals surface area contributed by atoms with E-state index in [1.807, 2.05) is 19.1 Å². The lowest BCUT2D eigenvalue weighted by Gasteiger charge is -2.01. The van der Waals surface area contributed by atoms with Gasteiger partial charge in [-0.1, -0.05) is 6.07 Å². The van der Waals surface area contributed by atoms with Gasteiger partial charge >= 0.3 is 0 Å². The molecule has 0 unspecified atom stereocenters. The number of aromatic hydroxyl groups is 1. The maximum atomic E-state index is 9.54. The van der Waals surface area contributed by atoms with Crippen LogP contribution in [0.2, 0.25) is 0 Å². The van der Waals surface area contributed by atoms with Crippen molar-refractivity contribution in [2.24, 2.45) is 0 Å². The van der Waals surface area contributed by atoms with Gasteiger partial charge in [-0.15, -0.1) is 11.3 Å². The number of hydrogen-bond donors (Lipinski definition) is 1. The minimum absolute atomic E-state index is 0.0165. The summed E-state index contributed by atoms with van der Waals surface area (Å²) in [4.78, 5) is 5.16. The second-order valence-corrected chi connectivity index (χ2v) is 3.97. The number of nitriles is 1. The molecule has 2 aromatic rings. The Hall–Kier alpha value is -1.86. The van der Waals surface area contributed by atoms with Crippen molar-refractivity contribution in [2.75, 3.05) is 0 Å². The Bertz CT molecular complexity index is 540. The zero-order valence-corrected chi connectivity index (χ0v) is 8.88. The van der Waals surface area contributed by atoms with Crippen molar-refractivity contribution < 1.29 is 5.11 Å². The minimum Gasteiger partial charge on any atom is -0.507 e. The number of aromatic nitrogens is 1. The average Bonchev–Trinajstić information content (AvgIpc) is 2.64. The number of nitrogens with zero attached hydrogens (tertiary/aromatic N) is 2. The maximum Gasteiger partial charge on any atom is 0.133 e. The zero-order chi connectivity index (χ0) is 10.8. The molecule has 0 fully saturated rings. The van der Waals surface area contributed by atoms with Crippen molar-refractivity contribution in [1.29, 1.82) is 5.26 Å². The van der Waals surface area contributed by atoms with Crippen molar-refractivity contribution in [3.05, 3.63) is 35.0 Å². The first-order chi connectivity index (χ1) is 7.22. The van der Waals surface area contributed by atoms with E-state index in [0.717, 1.165) is 16.1 Å². The molecule has 1 aromatic heterocycles. The molecule has 15 heavy (non-hydrogen) atoms. The summed E-state index contributed by atoms with van der Waals surface area (Å²) in [5.74, 6) is 0.0165. The lowest BCUT2D eigenvalue weighted by Crippen LogP contribution is -1.80. The van der Waals surface area contributed by atoms with Crippen LogP contribution in [0.25, 0.3) is 10.4 Å². The standard InChI is InChI=1S/C11H8N2OS/c1-7-11(15-6-13-7)8-2-3-9(5-12)10(14)4-8/h2-4,6,14H,1H3. The van der Waals surface area contributed by atoms with Crippen LogP contribution < -0.4 is 0 Å². The number of aryl methyl sites for hydroxylation is 1. The first kappa shape index (κ1) is 9.69. The van der Waals surface area contributed by atoms with Gasteiger partial charge in [0.25, 0.3) is 0 Å². The Morgan fingerprint density at radius 1 is 1.47 bits per heavy atom. The normalized spacial score (nSPS) is 9.87. The summed E-state index contributed by atoms with van der Waals surface area (Å²) in [5.41, 5.74) is 3.89. The summed E-state index contributed by atoms with van der Waals surface area (Å²) in [6, 6.07) is 6.95. The fourth-order valence-electron chi connectivity index (χ4n) is 1.35. The highest BCUT2D eigenvalue weighted by Gasteiger charge is 2.07. The molecular formula is C11H8N2OS. The Kier molecular flexibility index (Phi) is 2.40. The third-order valence-corrected chi connectivity index (χ3v) is 3.10. The van der Waals surface area contributed by atoms with E-state index >= 15 is 0 Å². The topological polar surface area (TPSA) is 56.9 Å². The van der Waals surface area contributed by atoms with Crippen LogP contribution in [0, 0.1) is 18.3 Å². The second-order valence-electron chi connectivity index (χ2n) is 3.11. The second kappa shape index (κ2) is 3.71. The molecule has 0 radical (unpaired) electrons. The quantitative estimate of drug-likeness (QED) is 0.797. The predicted octanol–water partition coefficient (Wildman–Crippen LogP) is 2.70. The molecule has 0 aliphatic carbocycles. The van der Waals surface area contributed by atoms with Crippen LogP contribution in [0.15, 0.2) is 23.7 Å². The van der Waals surface area contributed by atoms with Crippen LogP contribution in [0.4, 0.5) is 0 Å². The van der Waals surface area contributed by atoms with Gasteiger partial charge in [-0.3, -0.25) is 0 Å². The summed E-state index contributed by atoms with van der Waals surface area (Å²) in [5, 5.41) is 18.2. The van der Waals surface area contributed by atoms with E-state index in [1.54, 1.807) is 17.6 Å². The monoisotopic (exact) mass is 216 g/mol.